The Morgan fingerprint density at radius 2 is 1.77 bits per heavy atom. The van der Waals surface area contributed by atoms with Crippen LogP contribution in [0.25, 0.3) is 10.8 Å². The summed E-state index contributed by atoms with van der Waals surface area (Å²) >= 11 is 17.6. The lowest BCUT2D eigenvalue weighted by atomic mass is 10.1. The molecule has 2 aromatic rings. The summed E-state index contributed by atoms with van der Waals surface area (Å²) in [5.74, 6) is 0. The Kier molecular flexibility index (Phi) is 2.37. The molecule has 0 spiro atoms. The van der Waals surface area contributed by atoms with Crippen LogP contribution in [0, 0.1) is 6.07 Å². The number of rotatable bonds is 0. The lowest BCUT2D eigenvalue weighted by Crippen LogP contribution is -1.75. The molecule has 13 heavy (non-hydrogen) atoms. The summed E-state index contributed by atoms with van der Waals surface area (Å²) < 4.78 is 0. The van der Waals surface area contributed by atoms with Gasteiger partial charge in [-0.2, -0.15) is 0 Å². The normalized spacial score (nSPS) is 10.7. The van der Waals surface area contributed by atoms with E-state index < -0.39 is 0 Å². The van der Waals surface area contributed by atoms with Crippen molar-refractivity contribution >= 4 is 45.6 Å². The molecule has 0 fully saturated rings. The van der Waals surface area contributed by atoms with Crippen LogP contribution in [-0.2, 0) is 0 Å². The summed E-state index contributed by atoms with van der Waals surface area (Å²) in [7, 11) is 0. The first-order valence-corrected chi connectivity index (χ1v) is 4.77. The summed E-state index contributed by atoms with van der Waals surface area (Å²) in [5.41, 5.74) is 0. The SMILES string of the molecule is Clc1[c]c2cc(Cl)ccc2c(Cl)c1. The third kappa shape index (κ3) is 1.76. The lowest BCUT2D eigenvalue weighted by Gasteiger charge is -2.01. The number of benzene rings is 2. The zero-order valence-electron chi connectivity index (χ0n) is 6.44. The van der Waals surface area contributed by atoms with Crippen LogP contribution < -0.4 is 0 Å². The molecular weight excluding hydrogens is 226 g/mol. The van der Waals surface area contributed by atoms with E-state index in [2.05, 4.69) is 6.07 Å². The maximum absolute atomic E-state index is 5.97. The summed E-state index contributed by atoms with van der Waals surface area (Å²) in [6.45, 7) is 0. The fourth-order valence-electron chi connectivity index (χ4n) is 1.18. The molecule has 0 aliphatic carbocycles. The zero-order chi connectivity index (χ0) is 9.42. The second-order valence-corrected chi connectivity index (χ2v) is 3.91. The van der Waals surface area contributed by atoms with Crippen LogP contribution in [0.3, 0.4) is 0 Å². The first-order valence-electron chi connectivity index (χ1n) is 3.63. The van der Waals surface area contributed by atoms with Crippen LogP contribution in [0.1, 0.15) is 0 Å². The van der Waals surface area contributed by atoms with E-state index in [4.69, 9.17) is 34.8 Å². The third-order valence-electron chi connectivity index (χ3n) is 1.75. The molecule has 1 radical (unpaired) electrons. The summed E-state index contributed by atoms with van der Waals surface area (Å²) in [6, 6.07) is 10.1. The van der Waals surface area contributed by atoms with Crippen LogP contribution in [0.15, 0.2) is 24.3 Å². The van der Waals surface area contributed by atoms with Crippen LogP contribution in [0.5, 0.6) is 0 Å². The predicted molar refractivity (Wildman–Crippen MR) is 57.8 cm³/mol. The van der Waals surface area contributed by atoms with E-state index >= 15 is 0 Å². The van der Waals surface area contributed by atoms with Gasteiger partial charge in [0.25, 0.3) is 0 Å². The van der Waals surface area contributed by atoms with Gasteiger partial charge in [-0.15, -0.1) is 0 Å². The van der Waals surface area contributed by atoms with Gasteiger partial charge in [0, 0.05) is 21.5 Å². The van der Waals surface area contributed by atoms with Gasteiger partial charge in [-0.3, -0.25) is 0 Å². The smallest absolute Gasteiger partial charge is 0.0506 e. The van der Waals surface area contributed by atoms with Crippen molar-refractivity contribution < 1.29 is 0 Å². The number of hydrogen-bond acceptors (Lipinski definition) is 0. The molecular formula is C10H4Cl3. The monoisotopic (exact) mass is 229 g/mol. The molecule has 0 saturated carbocycles. The summed E-state index contributed by atoms with van der Waals surface area (Å²) in [5, 5.41) is 3.53. The molecule has 0 saturated heterocycles. The fourth-order valence-corrected chi connectivity index (χ4v) is 1.89. The van der Waals surface area contributed by atoms with Crippen molar-refractivity contribution in [1.29, 1.82) is 0 Å². The molecule has 0 aliphatic rings. The second kappa shape index (κ2) is 3.38. The lowest BCUT2D eigenvalue weighted by molar-refractivity contribution is 1.73. The highest BCUT2D eigenvalue weighted by molar-refractivity contribution is 6.39. The second-order valence-electron chi connectivity index (χ2n) is 2.66. The first-order chi connectivity index (χ1) is 6.16. The van der Waals surface area contributed by atoms with E-state index in [0.29, 0.717) is 15.1 Å². The van der Waals surface area contributed by atoms with Crippen molar-refractivity contribution in [1.82, 2.24) is 0 Å². The quantitative estimate of drug-likeness (QED) is 0.620. The minimum absolute atomic E-state index is 0.500. The van der Waals surface area contributed by atoms with Gasteiger partial charge in [-0.05, 0) is 23.6 Å². The molecule has 0 heterocycles. The maximum Gasteiger partial charge on any atom is 0.0506 e. The Balaban J connectivity index is 2.86. The number of halogens is 3. The van der Waals surface area contributed by atoms with Crippen LogP contribution in [-0.4, -0.2) is 0 Å². The number of hydrogen-bond donors (Lipinski definition) is 0. The molecule has 0 nitrogen and oxygen atoms in total. The molecule has 0 aliphatic heterocycles. The van der Waals surface area contributed by atoms with Crippen LogP contribution in [0.2, 0.25) is 15.1 Å². The predicted octanol–water partition coefficient (Wildman–Crippen LogP) is 4.60. The third-order valence-corrected chi connectivity index (χ3v) is 2.50. The topological polar surface area (TPSA) is 0 Å². The van der Waals surface area contributed by atoms with Gasteiger partial charge in [0.15, 0.2) is 0 Å². The number of fused-ring (bicyclic) bond motifs is 1. The van der Waals surface area contributed by atoms with Crippen molar-refractivity contribution in [2.45, 2.75) is 0 Å². The average Bonchev–Trinajstić information content (AvgIpc) is 2.02. The molecule has 0 bridgehead atoms. The molecule has 0 amide bonds. The maximum atomic E-state index is 5.97. The van der Waals surface area contributed by atoms with Crippen molar-refractivity contribution in [3.63, 3.8) is 0 Å². The Morgan fingerprint density at radius 1 is 1.00 bits per heavy atom. The minimum Gasteiger partial charge on any atom is -0.0843 e. The van der Waals surface area contributed by atoms with E-state index in [0.717, 1.165) is 10.8 Å². The zero-order valence-corrected chi connectivity index (χ0v) is 8.71. The Morgan fingerprint density at radius 3 is 2.54 bits per heavy atom. The highest BCUT2D eigenvalue weighted by Gasteiger charge is 2.01. The van der Waals surface area contributed by atoms with E-state index in [-0.39, 0.29) is 0 Å². The van der Waals surface area contributed by atoms with Gasteiger partial charge in [0.2, 0.25) is 0 Å². The Hall–Kier alpha value is -0.430. The summed E-state index contributed by atoms with van der Waals surface area (Å²) in [6.07, 6.45) is 0. The molecule has 0 unspecified atom stereocenters. The van der Waals surface area contributed by atoms with Crippen molar-refractivity contribution in [3.8, 4) is 0 Å². The van der Waals surface area contributed by atoms with E-state index in [1.165, 1.54) is 0 Å². The van der Waals surface area contributed by atoms with Gasteiger partial charge in [0.1, 0.15) is 0 Å². The van der Waals surface area contributed by atoms with E-state index in [1.807, 2.05) is 6.07 Å². The molecule has 65 valence electrons. The molecule has 2 rings (SSSR count). The molecule has 3 heteroatoms. The average molecular weight is 231 g/mol. The highest BCUT2D eigenvalue weighted by Crippen LogP contribution is 2.28. The first kappa shape index (κ1) is 9.14. The summed E-state index contributed by atoms with van der Waals surface area (Å²) in [4.78, 5) is 0. The Labute approximate surface area is 91.0 Å². The van der Waals surface area contributed by atoms with Gasteiger partial charge in [-0.25, -0.2) is 0 Å². The van der Waals surface area contributed by atoms with Gasteiger partial charge in [0.05, 0.1) is 5.02 Å². The van der Waals surface area contributed by atoms with Crippen molar-refractivity contribution in [3.05, 3.63) is 45.4 Å². The molecule has 2 aromatic carbocycles. The van der Waals surface area contributed by atoms with Crippen LogP contribution >= 0.6 is 34.8 Å². The fraction of sp³-hybridized carbons (Fsp3) is 0. The van der Waals surface area contributed by atoms with Gasteiger partial charge >= 0.3 is 0 Å². The van der Waals surface area contributed by atoms with E-state index in [9.17, 15) is 0 Å². The highest BCUT2D eigenvalue weighted by atomic mass is 35.5. The molecule has 0 aromatic heterocycles. The van der Waals surface area contributed by atoms with Crippen LogP contribution in [0.4, 0.5) is 0 Å². The van der Waals surface area contributed by atoms with Gasteiger partial charge in [-0.1, -0.05) is 40.9 Å². The molecule has 0 N–H and O–H groups in total. The standard InChI is InChI=1S/C10H4Cl3/c11-7-1-2-9-6(3-7)4-8(12)5-10(9)13/h1-3,5H. The molecule has 0 atom stereocenters. The van der Waals surface area contributed by atoms with E-state index in [1.54, 1.807) is 18.2 Å². The largest absolute Gasteiger partial charge is 0.0843 e. The van der Waals surface area contributed by atoms with Gasteiger partial charge < -0.3 is 0 Å². The van der Waals surface area contributed by atoms with Crippen molar-refractivity contribution in [2.75, 3.05) is 0 Å². The minimum atomic E-state index is 0.500. The van der Waals surface area contributed by atoms with Crippen molar-refractivity contribution in [2.24, 2.45) is 0 Å². The Bertz CT molecular complexity index is 458.